The molecule has 0 bridgehead atoms. The monoisotopic (exact) mass is 512 g/mol. The molecule has 0 saturated carbocycles. The molecule has 0 spiro atoms. The normalized spacial score (nSPS) is 9.47. The first-order valence-electron chi connectivity index (χ1n) is 9.78. The van der Waals surface area contributed by atoms with Crippen molar-refractivity contribution in [3.63, 3.8) is 0 Å². The molecule has 2 heterocycles. The van der Waals surface area contributed by atoms with Crippen LogP contribution < -0.4 is 5.46 Å². The fourth-order valence-corrected chi connectivity index (χ4v) is 2.62. The number of nitriles is 2. The zero-order valence-corrected chi connectivity index (χ0v) is 18.8. The first-order chi connectivity index (χ1) is 17.2. The van der Waals surface area contributed by atoms with Gasteiger partial charge in [0.15, 0.2) is 23.3 Å². The SMILES string of the molecule is Fc1cncc(F)c1Cl.N#Cc1ccc(-c2c(F)cncc2F)cc1.N#Cc1ccc(B(O)O)cc1. The third-order valence-electron chi connectivity index (χ3n) is 4.29. The van der Waals surface area contributed by atoms with Crippen molar-refractivity contribution >= 4 is 24.2 Å². The molecular weight excluding hydrogens is 499 g/mol. The van der Waals surface area contributed by atoms with E-state index in [1.165, 1.54) is 48.5 Å². The molecule has 0 aliphatic heterocycles. The van der Waals surface area contributed by atoms with Crippen LogP contribution >= 0.6 is 11.6 Å². The van der Waals surface area contributed by atoms with Crippen LogP contribution in [-0.4, -0.2) is 27.1 Å². The summed E-state index contributed by atoms with van der Waals surface area (Å²) in [4.78, 5) is 6.61. The van der Waals surface area contributed by atoms with Crippen LogP contribution in [0.3, 0.4) is 0 Å². The minimum atomic E-state index is -1.46. The highest BCUT2D eigenvalue weighted by molar-refractivity contribution is 6.58. The number of aromatic nitrogens is 2. The van der Waals surface area contributed by atoms with Crippen LogP contribution in [0.15, 0.2) is 73.3 Å². The molecule has 0 fully saturated rings. The summed E-state index contributed by atoms with van der Waals surface area (Å²) in [5, 5.41) is 33.8. The molecule has 6 nitrogen and oxygen atoms in total. The van der Waals surface area contributed by atoms with Crippen molar-refractivity contribution in [3.05, 3.63) is 113 Å². The average Bonchev–Trinajstić information content (AvgIpc) is 2.88. The van der Waals surface area contributed by atoms with Gasteiger partial charge in [-0.15, -0.1) is 0 Å². The van der Waals surface area contributed by atoms with Crippen LogP contribution in [0, 0.1) is 45.9 Å². The Hall–Kier alpha value is -4.29. The lowest BCUT2D eigenvalue weighted by Crippen LogP contribution is -2.29. The van der Waals surface area contributed by atoms with E-state index < -0.39 is 35.4 Å². The zero-order valence-electron chi connectivity index (χ0n) is 18.1. The molecule has 36 heavy (non-hydrogen) atoms. The topological polar surface area (TPSA) is 114 Å². The molecule has 0 aliphatic rings. The Morgan fingerprint density at radius 3 is 1.42 bits per heavy atom. The summed E-state index contributed by atoms with van der Waals surface area (Å²) in [7, 11) is -1.46. The minimum absolute atomic E-state index is 0.125. The highest BCUT2D eigenvalue weighted by Gasteiger charge is 2.11. The first-order valence-corrected chi connectivity index (χ1v) is 10.2. The first kappa shape index (κ1) is 28.0. The Labute approximate surface area is 208 Å². The number of hydrogen-bond acceptors (Lipinski definition) is 6. The lowest BCUT2D eigenvalue weighted by atomic mass is 9.80. The van der Waals surface area contributed by atoms with Gasteiger partial charge in [-0.25, -0.2) is 17.6 Å². The van der Waals surface area contributed by atoms with Crippen molar-refractivity contribution in [2.24, 2.45) is 0 Å². The molecule has 12 heteroatoms. The molecule has 2 N–H and O–H groups in total. The lowest BCUT2D eigenvalue weighted by molar-refractivity contribution is 0.426. The van der Waals surface area contributed by atoms with E-state index in [0.717, 1.165) is 24.8 Å². The van der Waals surface area contributed by atoms with Gasteiger partial charge in [-0.3, -0.25) is 9.97 Å². The highest BCUT2D eigenvalue weighted by Crippen LogP contribution is 2.25. The highest BCUT2D eigenvalue weighted by atomic mass is 35.5. The van der Waals surface area contributed by atoms with Crippen LogP contribution in [0.1, 0.15) is 11.1 Å². The third kappa shape index (κ3) is 7.89. The van der Waals surface area contributed by atoms with E-state index in [4.69, 9.17) is 32.2 Å². The van der Waals surface area contributed by atoms with Gasteiger partial charge in [-0.05, 0) is 35.3 Å². The van der Waals surface area contributed by atoms with Crippen molar-refractivity contribution < 1.29 is 27.6 Å². The number of benzene rings is 2. The quantitative estimate of drug-likeness (QED) is 0.308. The maximum absolute atomic E-state index is 13.4. The molecule has 4 rings (SSSR count). The Kier molecular flexibility index (Phi) is 10.5. The molecule has 4 aromatic rings. The van der Waals surface area contributed by atoms with Crippen LogP contribution in [0.5, 0.6) is 0 Å². The third-order valence-corrected chi connectivity index (χ3v) is 4.65. The summed E-state index contributed by atoms with van der Waals surface area (Å²) in [5.41, 5.74) is 1.60. The summed E-state index contributed by atoms with van der Waals surface area (Å²) in [5.74, 6) is -3.11. The largest absolute Gasteiger partial charge is 0.488 e. The predicted octanol–water partition coefficient (Wildman–Crippen LogP) is 4.15. The summed E-state index contributed by atoms with van der Waals surface area (Å²) in [6, 6.07) is 16.0. The van der Waals surface area contributed by atoms with Gasteiger partial charge in [0.05, 0.1) is 53.6 Å². The summed E-state index contributed by atoms with van der Waals surface area (Å²) >= 11 is 5.09. The molecule has 0 radical (unpaired) electrons. The molecule has 0 amide bonds. The number of pyridine rings is 2. The Balaban J connectivity index is 0.000000200. The van der Waals surface area contributed by atoms with E-state index in [-0.39, 0.29) is 5.56 Å². The van der Waals surface area contributed by atoms with Gasteiger partial charge in [0.2, 0.25) is 0 Å². The van der Waals surface area contributed by atoms with Gasteiger partial charge in [0.1, 0.15) is 5.02 Å². The van der Waals surface area contributed by atoms with Crippen molar-refractivity contribution in [2.45, 2.75) is 0 Å². The van der Waals surface area contributed by atoms with Crippen LogP contribution in [0.4, 0.5) is 17.6 Å². The van der Waals surface area contributed by atoms with E-state index in [9.17, 15) is 17.6 Å². The molecule has 180 valence electrons. The molecule has 0 aliphatic carbocycles. The zero-order chi connectivity index (χ0) is 26.7. The van der Waals surface area contributed by atoms with E-state index in [1.54, 1.807) is 0 Å². The molecule has 0 saturated heterocycles. The number of nitrogens with zero attached hydrogens (tertiary/aromatic N) is 4. The van der Waals surface area contributed by atoms with E-state index in [2.05, 4.69) is 9.97 Å². The van der Waals surface area contributed by atoms with Gasteiger partial charge in [-0.1, -0.05) is 35.9 Å². The smallest absolute Gasteiger partial charge is 0.423 e. The second kappa shape index (κ2) is 13.6. The van der Waals surface area contributed by atoms with E-state index in [0.29, 0.717) is 22.2 Å². The van der Waals surface area contributed by atoms with Crippen molar-refractivity contribution in [1.29, 1.82) is 10.5 Å². The summed E-state index contributed by atoms with van der Waals surface area (Å²) < 4.78 is 51.0. The van der Waals surface area contributed by atoms with Crippen molar-refractivity contribution in [2.75, 3.05) is 0 Å². The molecule has 0 unspecified atom stereocenters. The maximum Gasteiger partial charge on any atom is 0.488 e. The number of rotatable bonds is 2. The lowest BCUT2D eigenvalue weighted by Gasteiger charge is -2.03. The fourth-order valence-electron chi connectivity index (χ4n) is 2.52. The van der Waals surface area contributed by atoms with E-state index >= 15 is 0 Å². The van der Waals surface area contributed by atoms with Gasteiger partial charge in [0, 0.05) is 0 Å². The number of halogens is 5. The van der Waals surface area contributed by atoms with Crippen LogP contribution in [0.25, 0.3) is 11.1 Å². The molecular formula is C24H14BClF4N4O2. The molecule has 0 atom stereocenters. The standard InChI is InChI=1S/C12H6F2N2.C7H6BNO2.C5H2ClF2N/c13-10-6-16-7-11(14)12(10)9-3-1-8(5-15)2-4-9;9-5-6-1-3-7(4-2-6)8(10)11;6-5-3(7)1-9-2-4(5)8/h1-4,6-7H;1-4,10-11H;1-2H. The van der Waals surface area contributed by atoms with Gasteiger partial charge >= 0.3 is 7.12 Å². The van der Waals surface area contributed by atoms with Gasteiger partial charge in [0.25, 0.3) is 0 Å². The maximum atomic E-state index is 13.4. The van der Waals surface area contributed by atoms with Gasteiger partial charge < -0.3 is 10.0 Å². The minimum Gasteiger partial charge on any atom is -0.423 e. The molecule has 2 aromatic carbocycles. The Morgan fingerprint density at radius 2 is 1.06 bits per heavy atom. The van der Waals surface area contributed by atoms with Crippen molar-refractivity contribution in [3.8, 4) is 23.3 Å². The fraction of sp³-hybridized carbons (Fsp3) is 0. The second-order valence-electron chi connectivity index (χ2n) is 6.69. The molecule has 2 aromatic heterocycles. The summed E-state index contributed by atoms with van der Waals surface area (Å²) in [6.07, 6.45) is 3.62. The predicted molar refractivity (Wildman–Crippen MR) is 124 cm³/mol. The average molecular weight is 513 g/mol. The van der Waals surface area contributed by atoms with E-state index in [1.807, 2.05) is 12.1 Å². The summed E-state index contributed by atoms with van der Waals surface area (Å²) in [6.45, 7) is 0. The van der Waals surface area contributed by atoms with Gasteiger partial charge in [-0.2, -0.15) is 10.5 Å². The van der Waals surface area contributed by atoms with Crippen LogP contribution in [-0.2, 0) is 0 Å². The number of hydrogen-bond donors (Lipinski definition) is 2. The Bertz CT molecular complexity index is 1350. The van der Waals surface area contributed by atoms with Crippen molar-refractivity contribution in [1.82, 2.24) is 9.97 Å². The second-order valence-corrected chi connectivity index (χ2v) is 7.07. The van der Waals surface area contributed by atoms with Crippen LogP contribution in [0.2, 0.25) is 5.02 Å². The Morgan fingerprint density at radius 1 is 0.667 bits per heavy atom.